The van der Waals surface area contributed by atoms with Crippen molar-refractivity contribution in [2.24, 2.45) is 5.11 Å². The van der Waals surface area contributed by atoms with Gasteiger partial charge in [-0.25, -0.2) is 0 Å². The number of fused-ring (bicyclic) bond motifs is 1. The van der Waals surface area contributed by atoms with Crippen molar-refractivity contribution in [3.8, 4) is 6.01 Å². The summed E-state index contributed by atoms with van der Waals surface area (Å²) in [6.45, 7) is 1.45. The fourth-order valence-corrected chi connectivity index (χ4v) is 2.33. The molecule has 0 radical (unpaired) electrons. The van der Waals surface area contributed by atoms with E-state index in [0.717, 1.165) is 11.1 Å². The van der Waals surface area contributed by atoms with E-state index < -0.39 is 4.92 Å². The van der Waals surface area contributed by atoms with Crippen molar-refractivity contribution in [2.75, 3.05) is 6.61 Å². The maximum atomic E-state index is 10.7. The summed E-state index contributed by atoms with van der Waals surface area (Å²) in [6, 6.07) is 7.80. The Morgan fingerprint density at radius 3 is 2.92 bits per heavy atom. The normalized spacial score (nSPS) is 15.9. The number of hydrogen-bond donors (Lipinski definition) is 0. The molecule has 1 atom stereocenters. The van der Waals surface area contributed by atoms with Crippen LogP contribution in [0.15, 0.2) is 35.6 Å². The van der Waals surface area contributed by atoms with E-state index in [9.17, 15) is 10.1 Å². The minimum atomic E-state index is -0.553. The number of azide groups is 1. The van der Waals surface area contributed by atoms with Gasteiger partial charge in [-0.1, -0.05) is 29.4 Å². The molecule has 0 fully saturated rings. The monoisotopic (exact) mass is 330 g/mol. The summed E-state index contributed by atoms with van der Waals surface area (Å²) in [7, 11) is 0. The summed E-state index contributed by atoms with van der Waals surface area (Å²) in [6.07, 6.45) is 1.13. The molecule has 2 aromatic rings. The number of aromatic nitrogens is 2. The van der Waals surface area contributed by atoms with E-state index >= 15 is 0 Å². The van der Waals surface area contributed by atoms with E-state index in [2.05, 4.69) is 15.0 Å². The third-order valence-electron chi connectivity index (χ3n) is 3.54. The summed E-state index contributed by atoms with van der Waals surface area (Å²) in [5, 5.41) is 14.2. The van der Waals surface area contributed by atoms with Gasteiger partial charge in [-0.2, -0.15) is 0 Å². The molecule has 1 aliphatic rings. The minimum absolute atomic E-state index is 0.214. The number of rotatable bonds is 6. The zero-order valence-electron chi connectivity index (χ0n) is 12.6. The maximum absolute atomic E-state index is 10.7. The molecule has 0 saturated carbocycles. The van der Waals surface area contributed by atoms with Gasteiger partial charge in [0.25, 0.3) is 0 Å². The number of hydrogen-bond acceptors (Lipinski definition) is 6. The third kappa shape index (κ3) is 3.62. The largest absolute Gasteiger partial charge is 0.443 e. The Hall–Kier alpha value is -3.10. The quantitative estimate of drug-likeness (QED) is 0.264. The van der Waals surface area contributed by atoms with Crippen LogP contribution >= 0.6 is 0 Å². The lowest BCUT2D eigenvalue weighted by Crippen LogP contribution is -2.32. The molecule has 124 valence electrons. The van der Waals surface area contributed by atoms with Gasteiger partial charge in [-0.15, -0.1) is 0 Å². The summed E-state index contributed by atoms with van der Waals surface area (Å²) >= 11 is 0. The zero-order chi connectivity index (χ0) is 16.9. The van der Waals surface area contributed by atoms with Crippen LogP contribution in [-0.2, 0) is 24.4 Å². The van der Waals surface area contributed by atoms with Gasteiger partial charge in [0.2, 0.25) is 0 Å². The first kappa shape index (κ1) is 15.8. The standard InChI is InChI=1S/C14H14N6O4/c15-18-16-5-10-1-3-11(4-2-10)8-23-12-6-19-7-13(20(21)22)17-14(19)24-9-12/h1-4,7,12H,5-6,8-9H2/t12-/m0/s1. The van der Waals surface area contributed by atoms with Crippen LogP contribution in [0, 0.1) is 10.1 Å². The predicted molar refractivity (Wildman–Crippen MR) is 82.2 cm³/mol. The highest BCUT2D eigenvalue weighted by atomic mass is 16.6. The van der Waals surface area contributed by atoms with E-state index in [1.165, 1.54) is 6.20 Å². The summed E-state index contributed by atoms with van der Waals surface area (Å²) in [5.41, 5.74) is 10.2. The van der Waals surface area contributed by atoms with Crippen molar-refractivity contribution in [2.45, 2.75) is 25.8 Å². The van der Waals surface area contributed by atoms with E-state index in [4.69, 9.17) is 15.0 Å². The topological polar surface area (TPSA) is 128 Å². The molecule has 10 nitrogen and oxygen atoms in total. The van der Waals surface area contributed by atoms with Crippen molar-refractivity contribution >= 4 is 5.82 Å². The lowest BCUT2D eigenvalue weighted by Gasteiger charge is -2.22. The molecule has 0 saturated heterocycles. The Morgan fingerprint density at radius 2 is 2.21 bits per heavy atom. The predicted octanol–water partition coefficient (Wildman–Crippen LogP) is 2.58. The van der Waals surface area contributed by atoms with E-state index in [1.807, 2.05) is 24.3 Å². The molecule has 3 rings (SSSR count). The second kappa shape index (κ2) is 6.99. The fourth-order valence-electron chi connectivity index (χ4n) is 2.33. The second-order valence-corrected chi connectivity index (χ2v) is 5.24. The van der Waals surface area contributed by atoms with E-state index in [-0.39, 0.29) is 17.9 Å². The average molecular weight is 330 g/mol. The highest BCUT2D eigenvalue weighted by Gasteiger charge is 2.28. The van der Waals surface area contributed by atoms with E-state index in [1.54, 1.807) is 4.57 Å². The molecule has 1 aromatic carbocycles. The van der Waals surface area contributed by atoms with Gasteiger partial charge in [-0.05, 0) is 21.6 Å². The lowest BCUT2D eigenvalue weighted by molar-refractivity contribution is -0.389. The van der Waals surface area contributed by atoms with Crippen molar-refractivity contribution in [3.05, 3.63) is 62.1 Å². The van der Waals surface area contributed by atoms with Crippen molar-refractivity contribution in [3.63, 3.8) is 0 Å². The van der Waals surface area contributed by atoms with Crippen LogP contribution in [0.25, 0.3) is 10.4 Å². The van der Waals surface area contributed by atoms with Crippen LogP contribution in [0.5, 0.6) is 6.01 Å². The molecule has 24 heavy (non-hydrogen) atoms. The Balaban J connectivity index is 1.55. The van der Waals surface area contributed by atoms with E-state index in [0.29, 0.717) is 26.3 Å². The van der Waals surface area contributed by atoms with Gasteiger partial charge in [0.1, 0.15) is 18.9 Å². The number of benzene rings is 1. The molecule has 0 aliphatic carbocycles. The molecule has 1 aliphatic heterocycles. The molecule has 2 heterocycles. The Labute approximate surface area is 136 Å². The molecule has 0 spiro atoms. The number of ether oxygens (including phenoxy) is 2. The molecule has 0 amide bonds. The van der Waals surface area contributed by atoms with Crippen LogP contribution in [0.3, 0.4) is 0 Å². The van der Waals surface area contributed by atoms with Gasteiger partial charge < -0.3 is 19.6 Å². The molecule has 1 aromatic heterocycles. The minimum Gasteiger partial charge on any atom is -0.443 e. The maximum Gasteiger partial charge on any atom is 0.414 e. The smallest absolute Gasteiger partial charge is 0.414 e. The fraction of sp³-hybridized carbons (Fsp3) is 0.357. The summed E-state index contributed by atoms with van der Waals surface area (Å²) < 4.78 is 12.8. The number of nitrogens with zero attached hydrogens (tertiary/aromatic N) is 6. The molecule has 0 bridgehead atoms. The van der Waals surface area contributed by atoms with Crippen molar-refractivity contribution < 1.29 is 14.4 Å². The van der Waals surface area contributed by atoms with Gasteiger partial charge in [0.05, 0.1) is 19.7 Å². The first-order valence-corrected chi connectivity index (χ1v) is 7.20. The van der Waals surface area contributed by atoms with Gasteiger partial charge >= 0.3 is 11.8 Å². The molecule has 0 N–H and O–H groups in total. The first-order valence-electron chi connectivity index (χ1n) is 7.20. The van der Waals surface area contributed by atoms with Crippen LogP contribution in [-0.4, -0.2) is 27.2 Å². The third-order valence-corrected chi connectivity index (χ3v) is 3.54. The number of imidazole rings is 1. The second-order valence-electron chi connectivity index (χ2n) is 5.24. The van der Waals surface area contributed by atoms with Gasteiger partial charge in [0.15, 0.2) is 0 Å². The highest BCUT2D eigenvalue weighted by Crippen LogP contribution is 2.22. The Kier molecular flexibility index (Phi) is 4.59. The Morgan fingerprint density at radius 1 is 1.46 bits per heavy atom. The summed E-state index contributed by atoms with van der Waals surface area (Å²) in [5.74, 6) is -0.235. The molecule has 10 heteroatoms. The van der Waals surface area contributed by atoms with Gasteiger partial charge in [-0.3, -0.25) is 4.57 Å². The average Bonchev–Trinajstić information content (AvgIpc) is 3.02. The highest BCUT2D eigenvalue weighted by molar-refractivity contribution is 5.23. The number of nitro groups is 1. The molecular weight excluding hydrogens is 316 g/mol. The van der Waals surface area contributed by atoms with Crippen LogP contribution in [0.1, 0.15) is 11.1 Å². The van der Waals surface area contributed by atoms with Crippen LogP contribution in [0.2, 0.25) is 0 Å². The lowest BCUT2D eigenvalue weighted by atomic mass is 10.1. The van der Waals surface area contributed by atoms with Crippen molar-refractivity contribution in [1.29, 1.82) is 0 Å². The zero-order valence-corrected chi connectivity index (χ0v) is 12.6. The summed E-state index contributed by atoms with van der Waals surface area (Å²) in [4.78, 5) is 16.7. The molecule has 0 unspecified atom stereocenters. The SMILES string of the molecule is [N-]=[N+]=NCc1ccc(CO[C@@H]2COc3nc([N+](=O)[O-])cn3C2)cc1. The van der Waals surface area contributed by atoms with Crippen LogP contribution in [0.4, 0.5) is 5.82 Å². The van der Waals surface area contributed by atoms with Gasteiger partial charge in [0, 0.05) is 9.90 Å². The first-order chi connectivity index (χ1) is 11.7. The van der Waals surface area contributed by atoms with Crippen molar-refractivity contribution in [1.82, 2.24) is 9.55 Å². The molecular formula is C14H14N6O4. The van der Waals surface area contributed by atoms with Crippen LogP contribution < -0.4 is 4.74 Å². The Bertz CT molecular complexity index is 781.